The molecule has 1 amide bonds. The van der Waals surface area contributed by atoms with E-state index in [1.807, 2.05) is 24.4 Å². The van der Waals surface area contributed by atoms with Gasteiger partial charge in [0.15, 0.2) is 0 Å². The molecule has 0 fully saturated rings. The van der Waals surface area contributed by atoms with Gasteiger partial charge >= 0.3 is 0 Å². The van der Waals surface area contributed by atoms with Crippen molar-refractivity contribution in [1.82, 2.24) is 4.90 Å². The highest BCUT2D eigenvalue weighted by molar-refractivity contribution is 7.11. The predicted octanol–water partition coefficient (Wildman–Crippen LogP) is 1.72. The normalized spacial score (nSPS) is 13.2. The van der Waals surface area contributed by atoms with Crippen LogP contribution in [0.3, 0.4) is 0 Å². The third kappa shape index (κ3) is 3.97. The lowest BCUT2D eigenvalue weighted by Gasteiger charge is -2.20. The zero-order valence-electron chi connectivity index (χ0n) is 12.6. The SMILES string of the molecule is CCCN(CC#CCN)C(=O)C1=Cc2sccc2N=C(N)C1. The van der Waals surface area contributed by atoms with Gasteiger partial charge in [-0.25, -0.2) is 4.99 Å². The third-order valence-corrected chi connectivity index (χ3v) is 4.02. The molecule has 0 saturated heterocycles. The van der Waals surface area contributed by atoms with Crippen LogP contribution in [0.15, 0.2) is 22.0 Å². The fraction of sp³-hybridized carbons (Fsp3) is 0.375. The summed E-state index contributed by atoms with van der Waals surface area (Å²) in [4.78, 5) is 19.8. The summed E-state index contributed by atoms with van der Waals surface area (Å²) in [6, 6.07) is 1.91. The summed E-state index contributed by atoms with van der Waals surface area (Å²) in [5, 5.41) is 1.95. The number of amidine groups is 1. The first-order valence-corrected chi connectivity index (χ1v) is 8.09. The van der Waals surface area contributed by atoms with Gasteiger partial charge in [0.2, 0.25) is 0 Å². The molecule has 6 heteroatoms. The first-order valence-electron chi connectivity index (χ1n) is 7.21. The van der Waals surface area contributed by atoms with E-state index in [0.29, 0.717) is 37.5 Å². The van der Waals surface area contributed by atoms with Crippen LogP contribution in [0.5, 0.6) is 0 Å². The van der Waals surface area contributed by atoms with Gasteiger partial charge in [-0.05, 0) is 23.9 Å². The Morgan fingerprint density at radius 1 is 1.50 bits per heavy atom. The Morgan fingerprint density at radius 2 is 2.32 bits per heavy atom. The zero-order chi connectivity index (χ0) is 15.9. The van der Waals surface area contributed by atoms with Crippen LogP contribution in [-0.4, -0.2) is 36.3 Å². The van der Waals surface area contributed by atoms with E-state index < -0.39 is 0 Å². The Labute approximate surface area is 134 Å². The molecule has 0 aromatic carbocycles. The molecule has 0 bridgehead atoms. The van der Waals surface area contributed by atoms with Crippen molar-refractivity contribution >= 4 is 34.8 Å². The van der Waals surface area contributed by atoms with E-state index in [1.165, 1.54) is 0 Å². The molecule has 1 aromatic heterocycles. The average molecular weight is 316 g/mol. The molecule has 0 atom stereocenters. The molecular weight excluding hydrogens is 296 g/mol. The van der Waals surface area contributed by atoms with Gasteiger partial charge in [-0.1, -0.05) is 18.8 Å². The summed E-state index contributed by atoms with van der Waals surface area (Å²) in [5.74, 6) is 6.15. The van der Waals surface area contributed by atoms with Crippen LogP contribution in [0, 0.1) is 11.8 Å². The van der Waals surface area contributed by atoms with Crippen LogP contribution in [-0.2, 0) is 4.79 Å². The lowest BCUT2D eigenvalue weighted by molar-refractivity contribution is -0.126. The van der Waals surface area contributed by atoms with E-state index >= 15 is 0 Å². The monoisotopic (exact) mass is 316 g/mol. The number of nitrogens with two attached hydrogens (primary N) is 2. The first-order chi connectivity index (χ1) is 10.7. The Balaban J connectivity index is 2.24. The summed E-state index contributed by atoms with van der Waals surface area (Å²) in [5.41, 5.74) is 12.8. The second-order valence-corrected chi connectivity index (χ2v) is 5.85. The number of carbonyl (C=O) groups is 1. The average Bonchev–Trinajstić information content (AvgIpc) is 2.85. The van der Waals surface area contributed by atoms with Gasteiger partial charge in [-0.15, -0.1) is 11.3 Å². The zero-order valence-corrected chi connectivity index (χ0v) is 13.4. The number of hydrogen-bond donors (Lipinski definition) is 2. The highest BCUT2D eigenvalue weighted by Crippen LogP contribution is 2.31. The molecule has 1 aliphatic heterocycles. The first kappa shape index (κ1) is 16.3. The molecule has 2 rings (SSSR count). The predicted molar refractivity (Wildman–Crippen MR) is 91.9 cm³/mol. The van der Waals surface area contributed by atoms with Gasteiger partial charge in [0.25, 0.3) is 5.91 Å². The van der Waals surface area contributed by atoms with Crippen molar-refractivity contribution in [3.8, 4) is 11.8 Å². The molecule has 2 heterocycles. The fourth-order valence-corrected chi connectivity index (χ4v) is 2.99. The van der Waals surface area contributed by atoms with Crippen LogP contribution >= 0.6 is 11.3 Å². The number of amides is 1. The Morgan fingerprint density at radius 3 is 3.05 bits per heavy atom. The molecule has 4 N–H and O–H groups in total. The second-order valence-electron chi connectivity index (χ2n) is 4.90. The molecule has 22 heavy (non-hydrogen) atoms. The lowest BCUT2D eigenvalue weighted by atomic mass is 10.1. The molecule has 1 aliphatic rings. The Hall–Kier alpha value is -2.10. The number of aliphatic imine (C=N–C) groups is 1. The van der Waals surface area contributed by atoms with Gasteiger partial charge in [0.05, 0.1) is 23.7 Å². The van der Waals surface area contributed by atoms with Gasteiger partial charge in [0.1, 0.15) is 5.84 Å². The van der Waals surface area contributed by atoms with E-state index in [2.05, 4.69) is 16.8 Å². The largest absolute Gasteiger partial charge is 0.387 e. The van der Waals surface area contributed by atoms with Gasteiger partial charge in [-0.3, -0.25) is 4.79 Å². The second kappa shape index (κ2) is 7.78. The molecule has 0 spiro atoms. The van der Waals surface area contributed by atoms with Crippen LogP contribution in [0.1, 0.15) is 24.6 Å². The highest BCUT2D eigenvalue weighted by Gasteiger charge is 2.21. The van der Waals surface area contributed by atoms with Crippen molar-refractivity contribution in [3.05, 3.63) is 21.9 Å². The molecule has 116 valence electrons. The number of carbonyl (C=O) groups excluding carboxylic acids is 1. The van der Waals surface area contributed by atoms with Crippen molar-refractivity contribution < 1.29 is 4.79 Å². The number of rotatable bonds is 4. The van der Waals surface area contributed by atoms with E-state index in [1.54, 1.807) is 16.2 Å². The van der Waals surface area contributed by atoms with Crippen molar-refractivity contribution in [3.63, 3.8) is 0 Å². The smallest absolute Gasteiger partial charge is 0.251 e. The molecule has 5 nitrogen and oxygen atoms in total. The summed E-state index contributed by atoms with van der Waals surface area (Å²) < 4.78 is 0. The van der Waals surface area contributed by atoms with E-state index in [-0.39, 0.29) is 5.91 Å². The number of fused-ring (bicyclic) bond motifs is 1. The molecule has 1 aromatic rings. The van der Waals surface area contributed by atoms with E-state index in [9.17, 15) is 4.79 Å². The minimum Gasteiger partial charge on any atom is -0.387 e. The molecule has 0 radical (unpaired) electrons. The van der Waals surface area contributed by atoms with Crippen LogP contribution in [0.25, 0.3) is 6.08 Å². The van der Waals surface area contributed by atoms with Crippen molar-refractivity contribution in [1.29, 1.82) is 0 Å². The van der Waals surface area contributed by atoms with Crippen molar-refractivity contribution in [2.24, 2.45) is 16.5 Å². The number of nitrogens with zero attached hydrogens (tertiary/aromatic N) is 2. The summed E-state index contributed by atoms with van der Waals surface area (Å²) in [7, 11) is 0. The standard InChI is InChI=1S/C16H20N4OS/c1-2-7-20(8-4-3-6-17)16(21)12-10-14-13(5-9-22-14)19-15(18)11-12/h5,9-10H,2,6-8,11,17H2,1H3,(H2,18,19). The number of thiophene rings is 1. The minimum absolute atomic E-state index is 0.0347. The van der Waals surface area contributed by atoms with Gasteiger partial charge < -0.3 is 16.4 Å². The fourth-order valence-electron chi connectivity index (χ4n) is 2.20. The summed E-state index contributed by atoms with van der Waals surface area (Å²) >= 11 is 1.55. The Kier molecular flexibility index (Phi) is 5.75. The molecular formula is C16H20N4OS. The maximum absolute atomic E-state index is 12.8. The Bertz CT molecular complexity index is 663. The van der Waals surface area contributed by atoms with Gasteiger partial charge in [-0.2, -0.15) is 0 Å². The van der Waals surface area contributed by atoms with Crippen LogP contribution in [0.4, 0.5) is 5.69 Å². The summed E-state index contributed by atoms with van der Waals surface area (Å²) in [6.45, 7) is 3.37. The maximum Gasteiger partial charge on any atom is 0.251 e. The third-order valence-electron chi connectivity index (χ3n) is 3.17. The minimum atomic E-state index is -0.0347. The van der Waals surface area contributed by atoms with Crippen molar-refractivity contribution in [2.45, 2.75) is 19.8 Å². The quantitative estimate of drug-likeness (QED) is 0.830. The van der Waals surface area contributed by atoms with Crippen molar-refractivity contribution in [2.75, 3.05) is 19.6 Å². The number of hydrogen-bond acceptors (Lipinski definition) is 5. The molecule has 0 unspecified atom stereocenters. The van der Waals surface area contributed by atoms with Crippen LogP contribution in [0.2, 0.25) is 0 Å². The van der Waals surface area contributed by atoms with Crippen LogP contribution < -0.4 is 11.5 Å². The van der Waals surface area contributed by atoms with Gasteiger partial charge in [0, 0.05) is 18.5 Å². The summed E-state index contributed by atoms with van der Waals surface area (Å²) in [6.07, 6.45) is 3.13. The molecule has 0 saturated carbocycles. The van der Waals surface area contributed by atoms with E-state index in [0.717, 1.165) is 17.0 Å². The van der Waals surface area contributed by atoms with E-state index in [4.69, 9.17) is 11.5 Å². The topological polar surface area (TPSA) is 84.7 Å². The maximum atomic E-state index is 12.8. The highest BCUT2D eigenvalue weighted by atomic mass is 32.1. The molecule has 0 aliphatic carbocycles. The lowest BCUT2D eigenvalue weighted by Crippen LogP contribution is -2.34.